The van der Waals surface area contributed by atoms with Gasteiger partial charge in [0.25, 0.3) is 5.89 Å². The van der Waals surface area contributed by atoms with E-state index < -0.39 is 0 Å². The van der Waals surface area contributed by atoms with E-state index in [1.54, 1.807) is 6.20 Å². The lowest BCUT2D eigenvalue weighted by molar-refractivity contribution is 0.421. The van der Waals surface area contributed by atoms with Crippen LogP contribution < -0.4 is 5.32 Å². The maximum Gasteiger partial charge on any atom is 0.276 e. The van der Waals surface area contributed by atoms with E-state index in [9.17, 15) is 0 Å². The molecular weight excluding hydrogens is 376 g/mol. The Morgan fingerprint density at radius 2 is 2.03 bits per heavy atom. The number of hydrogen-bond acceptors (Lipinski definition) is 5. The van der Waals surface area contributed by atoms with Gasteiger partial charge in [0.05, 0.1) is 0 Å². The number of guanidine groups is 1. The zero-order valence-corrected chi connectivity index (χ0v) is 17.2. The number of pyridine rings is 1. The molecule has 0 saturated heterocycles. The summed E-state index contributed by atoms with van der Waals surface area (Å²) >= 11 is 0. The van der Waals surface area contributed by atoms with E-state index in [2.05, 4.69) is 68.7 Å². The second-order valence-corrected chi connectivity index (χ2v) is 7.01. The van der Waals surface area contributed by atoms with Gasteiger partial charge >= 0.3 is 0 Å². The van der Waals surface area contributed by atoms with Crippen molar-refractivity contribution in [3.8, 4) is 11.6 Å². The summed E-state index contributed by atoms with van der Waals surface area (Å²) in [5.41, 5.74) is 3.39. The third-order valence-electron chi connectivity index (χ3n) is 4.94. The number of benzene rings is 1. The molecule has 3 aromatic rings. The molecule has 4 rings (SSSR count). The average molecular weight is 403 g/mol. The standard InChI is InChI=1S/C23H26N6O/c1-2-24-23(29-16-12-19(13-17-29)18-8-4-3-5-9-18)26-15-11-21-27-22(30-28-21)20-10-6-7-14-25-20/h3-10,12,14H,2,11,13,15-17H2,1H3,(H,24,26). The Bertz CT molecular complexity index is 997. The first kappa shape index (κ1) is 19.8. The van der Waals surface area contributed by atoms with Gasteiger partial charge in [0.1, 0.15) is 5.69 Å². The Balaban J connectivity index is 1.37. The van der Waals surface area contributed by atoms with Crippen LogP contribution in [-0.2, 0) is 6.42 Å². The van der Waals surface area contributed by atoms with Crippen molar-refractivity contribution in [3.63, 3.8) is 0 Å². The molecule has 7 heteroatoms. The molecule has 0 saturated carbocycles. The third-order valence-corrected chi connectivity index (χ3v) is 4.94. The summed E-state index contributed by atoms with van der Waals surface area (Å²) in [6.45, 7) is 5.30. The predicted molar refractivity (Wildman–Crippen MR) is 118 cm³/mol. The smallest absolute Gasteiger partial charge is 0.276 e. The molecule has 0 unspecified atom stereocenters. The minimum atomic E-state index is 0.441. The Kier molecular flexibility index (Phi) is 6.49. The van der Waals surface area contributed by atoms with Crippen molar-refractivity contribution in [2.24, 2.45) is 4.99 Å². The number of aromatic nitrogens is 3. The van der Waals surface area contributed by atoms with E-state index in [0.29, 0.717) is 30.4 Å². The minimum Gasteiger partial charge on any atom is -0.357 e. The van der Waals surface area contributed by atoms with E-state index in [1.807, 2.05) is 18.2 Å². The molecule has 0 bridgehead atoms. The van der Waals surface area contributed by atoms with Gasteiger partial charge in [-0.25, -0.2) is 0 Å². The lowest BCUT2D eigenvalue weighted by atomic mass is 10.00. The van der Waals surface area contributed by atoms with Gasteiger partial charge in [-0.15, -0.1) is 0 Å². The zero-order valence-electron chi connectivity index (χ0n) is 17.2. The van der Waals surface area contributed by atoms with E-state index in [1.165, 1.54) is 11.1 Å². The van der Waals surface area contributed by atoms with Crippen molar-refractivity contribution in [2.75, 3.05) is 26.2 Å². The molecular formula is C23H26N6O. The number of nitrogens with zero attached hydrogens (tertiary/aromatic N) is 5. The maximum atomic E-state index is 5.32. The summed E-state index contributed by atoms with van der Waals surface area (Å²) in [5, 5.41) is 7.45. The topological polar surface area (TPSA) is 79.4 Å². The molecule has 2 aromatic heterocycles. The highest BCUT2D eigenvalue weighted by Gasteiger charge is 2.16. The van der Waals surface area contributed by atoms with Crippen LogP contribution >= 0.6 is 0 Å². The first-order valence-corrected chi connectivity index (χ1v) is 10.3. The van der Waals surface area contributed by atoms with E-state index >= 15 is 0 Å². The molecule has 1 aliphatic heterocycles. The van der Waals surface area contributed by atoms with Crippen LogP contribution in [0, 0.1) is 0 Å². The third kappa shape index (κ3) is 4.92. The van der Waals surface area contributed by atoms with Crippen LogP contribution in [0.5, 0.6) is 0 Å². The van der Waals surface area contributed by atoms with Crippen LogP contribution in [0.1, 0.15) is 24.7 Å². The molecule has 3 heterocycles. The van der Waals surface area contributed by atoms with Gasteiger partial charge in [-0.05, 0) is 36.6 Å². The van der Waals surface area contributed by atoms with Crippen LogP contribution in [-0.4, -0.2) is 52.2 Å². The van der Waals surface area contributed by atoms with E-state index in [0.717, 1.165) is 32.0 Å². The van der Waals surface area contributed by atoms with Crippen LogP contribution in [0.25, 0.3) is 17.2 Å². The van der Waals surface area contributed by atoms with E-state index in [4.69, 9.17) is 9.52 Å². The molecule has 154 valence electrons. The highest BCUT2D eigenvalue weighted by Crippen LogP contribution is 2.22. The van der Waals surface area contributed by atoms with Crippen LogP contribution in [0.15, 0.2) is 70.3 Å². The maximum absolute atomic E-state index is 5.32. The van der Waals surface area contributed by atoms with Gasteiger partial charge < -0.3 is 14.7 Å². The molecule has 1 aliphatic rings. The van der Waals surface area contributed by atoms with Crippen molar-refractivity contribution >= 4 is 11.5 Å². The largest absolute Gasteiger partial charge is 0.357 e. The number of aliphatic imine (C=N–C) groups is 1. The second kappa shape index (κ2) is 9.82. The van der Waals surface area contributed by atoms with Gasteiger partial charge in [-0.3, -0.25) is 9.98 Å². The summed E-state index contributed by atoms with van der Waals surface area (Å²) in [6, 6.07) is 16.2. The van der Waals surface area contributed by atoms with Gasteiger partial charge in [0.2, 0.25) is 0 Å². The molecule has 0 spiro atoms. The molecule has 0 fully saturated rings. The zero-order chi connectivity index (χ0) is 20.6. The summed E-state index contributed by atoms with van der Waals surface area (Å²) in [6.07, 6.45) is 5.63. The van der Waals surface area contributed by atoms with Gasteiger partial charge in [-0.1, -0.05) is 47.6 Å². The summed E-state index contributed by atoms with van der Waals surface area (Å²) < 4.78 is 5.32. The first-order chi connectivity index (χ1) is 14.8. The summed E-state index contributed by atoms with van der Waals surface area (Å²) in [7, 11) is 0. The quantitative estimate of drug-likeness (QED) is 0.503. The van der Waals surface area contributed by atoms with Crippen LogP contribution in [0.2, 0.25) is 0 Å². The number of nitrogens with one attached hydrogen (secondary N) is 1. The van der Waals surface area contributed by atoms with Gasteiger partial charge in [0, 0.05) is 38.8 Å². The summed E-state index contributed by atoms with van der Waals surface area (Å²) in [4.78, 5) is 15.7. The number of hydrogen-bond donors (Lipinski definition) is 1. The van der Waals surface area contributed by atoms with Crippen molar-refractivity contribution in [2.45, 2.75) is 19.8 Å². The molecule has 30 heavy (non-hydrogen) atoms. The minimum absolute atomic E-state index is 0.441. The van der Waals surface area contributed by atoms with Gasteiger partial charge in [0.15, 0.2) is 11.8 Å². The average Bonchev–Trinajstić information content (AvgIpc) is 3.29. The van der Waals surface area contributed by atoms with Crippen molar-refractivity contribution < 1.29 is 4.52 Å². The molecule has 0 atom stereocenters. The Morgan fingerprint density at radius 1 is 1.17 bits per heavy atom. The van der Waals surface area contributed by atoms with Crippen LogP contribution in [0.3, 0.4) is 0 Å². The Morgan fingerprint density at radius 3 is 2.77 bits per heavy atom. The Labute approximate surface area is 176 Å². The fourth-order valence-corrected chi connectivity index (χ4v) is 3.41. The SMILES string of the molecule is CCNC(=NCCc1noc(-c2ccccn2)n1)N1CC=C(c2ccccc2)CC1. The fourth-order valence-electron chi connectivity index (χ4n) is 3.41. The van der Waals surface area contributed by atoms with Crippen molar-refractivity contribution in [1.82, 2.24) is 25.3 Å². The molecule has 0 amide bonds. The van der Waals surface area contributed by atoms with E-state index in [-0.39, 0.29) is 0 Å². The Hall–Kier alpha value is -3.48. The monoisotopic (exact) mass is 402 g/mol. The van der Waals surface area contributed by atoms with Crippen molar-refractivity contribution in [3.05, 3.63) is 72.2 Å². The molecule has 1 N–H and O–H groups in total. The van der Waals surface area contributed by atoms with Crippen LogP contribution in [0.4, 0.5) is 0 Å². The molecule has 7 nitrogen and oxygen atoms in total. The second-order valence-electron chi connectivity index (χ2n) is 7.01. The highest BCUT2D eigenvalue weighted by atomic mass is 16.5. The lowest BCUT2D eigenvalue weighted by Gasteiger charge is -2.29. The molecule has 0 radical (unpaired) electrons. The lowest BCUT2D eigenvalue weighted by Crippen LogP contribution is -2.43. The fraction of sp³-hybridized carbons (Fsp3) is 0.304. The molecule has 1 aromatic carbocycles. The first-order valence-electron chi connectivity index (χ1n) is 10.3. The normalized spacial score (nSPS) is 14.5. The molecule has 0 aliphatic carbocycles. The van der Waals surface area contributed by atoms with Gasteiger partial charge in [-0.2, -0.15) is 4.98 Å². The predicted octanol–water partition coefficient (Wildman–Crippen LogP) is 3.43. The van der Waals surface area contributed by atoms with Crippen molar-refractivity contribution in [1.29, 1.82) is 0 Å². The highest BCUT2D eigenvalue weighted by molar-refractivity contribution is 5.81. The summed E-state index contributed by atoms with van der Waals surface area (Å²) in [5.74, 6) is 2.01. The number of rotatable bonds is 6.